The minimum Gasteiger partial charge on any atom is -0.462 e. The molecule has 1 spiro atoms. The topological polar surface area (TPSA) is 26.3 Å². The number of hydrogen-bond donors (Lipinski definition) is 0. The Morgan fingerprint density at radius 2 is 2.05 bits per heavy atom. The molecule has 2 heteroatoms. The highest BCUT2D eigenvalue weighted by molar-refractivity contribution is 5.70. The lowest BCUT2D eigenvalue weighted by molar-refractivity contribution is -0.202. The van der Waals surface area contributed by atoms with E-state index in [0.29, 0.717) is 11.8 Å². The Morgan fingerprint density at radius 1 is 1.26 bits per heavy atom. The van der Waals surface area contributed by atoms with E-state index < -0.39 is 0 Å². The third-order valence-corrected chi connectivity index (χ3v) is 6.98. The predicted octanol–water partition coefficient (Wildman–Crippen LogP) is 3.85. The van der Waals surface area contributed by atoms with Crippen LogP contribution in [0, 0.1) is 22.7 Å². The summed E-state index contributed by atoms with van der Waals surface area (Å²) in [5, 5.41) is 0. The fraction of sp³-hybridized carbons (Fsp3) is 0.824. The van der Waals surface area contributed by atoms with Crippen LogP contribution in [-0.2, 0) is 9.53 Å². The molecule has 5 fully saturated rings. The van der Waals surface area contributed by atoms with Gasteiger partial charge in [-0.3, -0.25) is 4.79 Å². The standard InChI is InChI=1S/C17H24O2/c1-11-10-17-7-3-12(11)9-13(17)16(2)6-5-15(18)19-14(16)4-8-17/h12-14H,1,3-10H2,2H3/t12-,13-,14-,16-,17+/m0/s1. The molecule has 5 rings (SSSR count). The van der Waals surface area contributed by atoms with Crippen LogP contribution in [-0.4, -0.2) is 12.1 Å². The molecule has 0 aromatic rings. The highest BCUT2D eigenvalue weighted by Gasteiger charge is 2.61. The molecular weight excluding hydrogens is 236 g/mol. The van der Waals surface area contributed by atoms with Crippen molar-refractivity contribution in [1.29, 1.82) is 0 Å². The Hall–Kier alpha value is -0.790. The van der Waals surface area contributed by atoms with E-state index in [2.05, 4.69) is 13.5 Å². The van der Waals surface area contributed by atoms with Crippen molar-refractivity contribution >= 4 is 5.97 Å². The van der Waals surface area contributed by atoms with E-state index in [1.807, 2.05) is 0 Å². The van der Waals surface area contributed by atoms with Gasteiger partial charge in [-0.1, -0.05) is 19.1 Å². The Morgan fingerprint density at radius 3 is 2.84 bits per heavy atom. The van der Waals surface area contributed by atoms with Crippen LogP contribution in [0.4, 0.5) is 0 Å². The first kappa shape index (κ1) is 12.0. The van der Waals surface area contributed by atoms with Gasteiger partial charge in [0.2, 0.25) is 0 Å². The summed E-state index contributed by atoms with van der Waals surface area (Å²) in [6.07, 6.45) is 9.49. The fourth-order valence-corrected chi connectivity index (χ4v) is 5.91. The second-order valence-corrected chi connectivity index (χ2v) is 7.74. The quantitative estimate of drug-likeness (QED) is 0.488. The number of fused-ring (bicyclic) bond motifs is 3. The molecule has 4 saturated carbocycles. The summed E-state index contributed by atoms with van der Waals surface area (Å²) in [6, 6.07) is 0. The molecule has 0 N–H and O–H groups in total. The lowest BCUT2D eigenvalue weighted by Gasteiger charge is -2.64. The first-order valence-corrected chi connectivity index (χ1v) is 7.91. The van der Waals surface area contributed by atoms with Gasteiger partial charge in [0.1, 0.15) is 6.10 Å². The van der Waals surface area contributed by atoms with Crippen LogP contribution in [0.1, 0.15) is 58.3 Å². The van der Waals surface area contributed by atoms with Crippen molar-refractivity contribution in [3.05, 3.63) is 12.2 Å². The molecule has 1 aliphatic heterocycles. The van der Waals surface area contributed by atoms with Gasteiger partial charge < -0.3 is 4.74 Å². The summed E-state index contributed by atoms with van der Waals surface area (Å²) in [6.45, 7) is 6.74. The molecule has 19 heavy (non-hydrogen) atoms. The molecule has 0 radical (unpaired) electrons. The Balaban J connectivity index is 1.71. The average molecular weight is 260 g/mol. The van der Waals surface area contributed by atoms with Gasteiger partial charge in [-0.05, 0) is 62.2 Å². The van der Waals surface area contributed by atoms with Crippen LogP contribution in [0.15, 0.2) is 12.2 Å². The lowest BCUT2D eigenvalue weighted by Crippen LogP contribution is -2.59. The van der Waals surface area contributed by atoms with Crippen molar-refractivity contribution in [1.82, 2.24) is 0 Å². The Bertz CT molecular complexity index is 454. The molecule has 5 aliphatic rings. The minimum atomic E-state index is 0.0313. The van der Waals surface area contributed by atoms with Crippen molar-refractivity contribution in [3.63, 3.8) is 0 Å². The average Bonchev–Trinajstić information content (AvgIpc) is 2.40. The van der Waals surface area contributed by atoms with Crippen molar-refractivity contribution < 1.29 is 9.53 Å². The minimum absolute atomic E-state index is 0.0313. The second kappa shape index (κ2) is 3.65. The largest absolute Gasteiger partial charge is 0.462 e. The molecule has 4 aliphatic carbocycles. The van der Waals surface area contributed by atoms with Crippen molar-refractivity contribution in [3.8, 4) is 0 Å². The summed E-state index contributed by atoms with van der Waals surface area (Å²) < 4.78 is 5.71. The van der Waals surface area contributed by atoms with Crippen LogP contribution in [0.25, 0.3) is 0 Å². The highest BCUT2D eigenvalue weighted by atomic mass is 16.5. The Labute approximate surface area is 115 Å². The van der Waals surface area contributed by atoms with Gasteiger partial charge in [0.05, 0.1) is 0 Å². The molecule has 5 atom stereocenters. The van der Waals surface area contributed by atoms with Gasteiger partial charge in [-0.25, -0.2) is 0 Å². The van der Waals surface area contributed by atoms with E-state index in [1.54, 1.807) is 0 Å². The summed E-state index contributed by atoms with van der Waals surface area (Å²) >= 11 is 0. The van der Waals surface area contributed by atoms with Crippen LogP contribution in [0.2, 0.25) is 0 Å². The lowest BCUT2D eigenvalue weighted by atomic mass is 9.42. The monoisotopic (exact) mass is 260 g/mol. The van der Waals surface area contributed by atoms with Crippen LogP contribution in [0.3, 0.4) is 0 Å². The molecule has 2 nitrogen and oxygen atoms in total. The summed E-state index contributed by atoms with van der Waals surface area (Å²) in [5.41, 5.74) is 2.25. The SMILES string of the molecule is C=C1C[C@]23CC[C@H]1C[C@H]2[C@]1(C)CCC(=O)O[C@H]1CC3. The number of rotatable bonds is 0. The maximum atomic E-state index is 11.6. The zero-order valence-corrected chi connectivity index (χ0v) is 11.9. The van der Waals surface area contributed by atoms with Gasteiger partial charge in [0, 0.05) is 11.8 Å². The van der Waals surface area contributed by atoms with Crippen molar-refractivity contribution in [2.75, 3.05) is 0 Å². The van der Waals surface area contributed by atoms with Gasteiger partial charge in [0.15, 0.2) is 0 Å². The summed E-state index contributed by atoms with van der Waals surface area (Å²) in [4.78, 5) is 11.6. The van der Waals surface area contributed by atoms with E-state index in [4.69, 9.17) is 4.74 Å². The maximum absolute atomic E-state index is 11.6. The molecule has 1 heterocycles. The fourth-order valence-electron chi connectivity index (χ4n) is 5.91. The van der Waals surface area contributed by atoms with Crippen molar-refractivity contribution in [2.24, 2.45) is 22.7 Å². The summed E-state index contributed by atoms with van der Waals surface area (Å²) in [5.74, 6) is 1.54. The van der Waals surface area contributed by atoms with Gasteiger partial charge >= 0.3 is 5.97 Å². The number of carbonyl (C=O) groups excluding carboxylic acids is 1. The van der Waals surface area contributed by atoms with Gasteiger partial charge in [-0.15, -0.1) is 0 Å². The summed E-state index contributed by atoms with van der Waals surface area (Å²) in [7, 11) is 0. The van der Waals surface area contributed by atoms with Crippen LogP contribution < -0.4 is 0 Å². The predicted molar refractivity (Wildman–Crippen MR) is 73.5 cm³/mol. The molecular formula is C17H24O2. The molecule has 2 bridgehead atoms. The number of hydrogen-bond acceptors (Lipinski definition) is 2. The number of ether oxygens (including phenoxy) is 1. The first-order valence-electron chi connectivity index (χ1n) is 7.91. The zero-order valence-electron chi connectivity index (χ0n) is 11.9. The van der Waals surface area contributed by atoms with E-state index in [-0.39, 0.29) is 17.5 Å². The van der Waals surface area contributed by atoms with Crippen LogP contribution >= 0.6 is 0 Å². The highest BCUT2D eigenvalue weighted by Crippen LogP contribution is 2.67. The molecule has 104 valence electrons. The first-order chi connectivity index (χ1) is 9.03. The maximum Gasteiger partial charge on any atom is 0.306 e. The van der Waals surface area contributed by atoms with Crippen molar-refractivity contribution in [2.45, 2.75) is 64.4 Å². The number of allylic oxidation sites excluding steroid dienone is 1. The molecule has 0 amide bonds. The molecule has 0 aromatic heterocycles. The normalized spacial score (nSPS) is 52.4. The number of carbonyl (C=O) groups is 1. The van der Waals surface area contributed by atoms with E-state index >= 15 is 0 Å². The molecule has 0 unspecified atom stereocenters. The second-order valence-electron chi connectivity index (χ2n) is 7.74. The van der Waals surface area contributed by atoms with Crippen LogP contribution in [0.5, 0.6) is 0 Å². The third kappa shape index (κ3) is 1.46. The number of esters is 1. The molecule has 1 saturated heterocycles. The van der Waals surface area contributed by atoms with E-state index in [1.165, 1.54) is 37.7 Å². The Kier molecular flexibility index (Phi) is 2.30. The van der Waals surface area contributed by atoms with E-state index in [0.717, 1.165) is 24.7 Å². The zero-order chi connectivity index (χ0) is 13.3. The third-order valence-electron chi connectivity index (χ3n) is 6.98. The van der Waals surface area contributed by atoms with Gasteiger partial charge in [0.25, 0.3) is 0 Å². The van der Waals surface area contributed by atoms with E-state index in [9.17, 15) is 4.79 Å². The van der Waals surface area contributed by atoms with Gasteiger partial charge in [-0.2, -0.15) is 0 Å². The smallest absolute Gasteiger partial charge is 0.306 e. The molecule has 0 aromatic carbocycles.